The summed E-state index contributed by atoms with van der Waals surface area (Å²) in [6.07, 6.45) is 3.22. The summed E-state index contributed by atoms with van der Waals surface area (Å²) >= 11 is 3.35. The van der Waals surface area contributed by atoms with Gasteiger partial charge in [-0.2, -0.15) is 0 Å². The third-order valence-corrected chi connectivity index (χ3v) is 2.73. The largest absolute Gasteiger partial charge is 0.289 e. The Hall–Kier alpha value is -1.48. The van der Waals surface area contributed by atoms with Crippen LogP contribution in [0, 0.1) is 0 Å². The number of carbonyl (C=O) groups excluding carboxylic acids is 1. The van der Waals surface area contributed by atoms with Crippen LogP contribution in [-0.2, 0) is 0 Å². The first-order valence-corrected chi connectivity index (χ1v) is 5.27. The van der Waals surface area contributed by atoms with Gasteiger partial charge in [-0.15, -0.1) is 0 Å². The molecular weight excluding hydrogens is 254 g/mol. The van der Waals surface area contributed by atoms with Crippen molar-refractivity contribution in [3.63, 3.8) is 0 Å². The van der Waals surface area contributed by atoms with Gasteiger partial charge in [0.1, 0.15) is 0 Å². The summed E-state index contributed by atoms with van der Waals surface area (Å²) in [7, 11) is 0. The highest BCUT2D eigenvalue weighted by atomic mass is 79.9. The number of benzene rings is 1. The predicted molar refractivity (Wildman–Crippen MR) is 61.8 cm³/mol. The minimum Gasteiger partial charge on any atom is -0.289 e. The number of rotatable bonds is 2. The average molecular weight is 262 g/mol. The van der Waals surface area contributed by atoms with Crippen LogP contribution >= 0.6 is 15.9 Å². The maximum Gasteiger partial charge on any atom is 0.195 e. The topological polar surface area (TPSA) is 30.0 Å². The summed E-state index contributed by atoms with van der Waals surface area (Å²) in [6, 6.07) is 10.9. The Balaban J connectivity index is 2.42. The normalized spacial score (nSPS) is 9.93. The lowest BCUT2D eigenvalue weighted by molar-refractivity contribution is 0.103. The number of hydrogen-bond donors (Lipinski definition) is 0. The fourth-order valence-corrected chi connectivity index (χ4v) is 1.76. The molecule has 3 heteroatoms. The second-order valence-corrected chi connectivity index (χ2v) is 3.91. The highest BCUT2D eigenvalue weighted by molar-refractivity contribution is 9.10. The Morgan fingerprint density at radius 2 is 1.93 bits per heavy atom. The van der Waals surface area contributed by atoms with Crippen molar-refractivity contribution < 1.29 is 4.79 Å². The molecule has 0 amide bonds. The third-order valence-electron chi connectivity index (χ3n) is 2.04. The molecule has 1 aromatic carbocycles. The molecule has 0 spiro atoms. The van der Waals surface area contributed by atoms with Gasteiger partial charge in [-0.25, -0.2) is 0 Å². The third kappa shape index (κ3) is 2.13. The van der Waals surface area contributed by atoms with Crippen molar-refractivity contribution in [3.05, 3.63) is 64.4 Å². The van der Waals surface area contributed by atoms with Crippen LogP contribution < -0.4 is 0 Å². The van der Waals surface area contributed by atoms with E-state index in [1.807, 2.05) is 18.2 Å². The molecular formula is C12H8BrNO. The molecule has 74 valence electrons. The van der Waals surface area contributed by atoms with Crippen molar-refractivity contribution in [1.82, 2.24) is 4.98 Å². The highest BCUT2D eigenvalue weighted by Gasteiger charge is 2.11. The lowest BCUT2D eigenvalue weighted by Crippen LogP contribution is -2.02. The van der Waals surface area contributed by atoms with Gasteiger partial charge in [0.15, 0.2) is 5.78 Å². The van der Waals surface area contributed by atoms with Gasteiger partial charge in [0.2, 0.25) is 0 Å². The number of halogens is 1. The lowest BCUT2D eigenvalue weighted by Gasteiger charge is -2.02. The zero-order chi connectivity index (χ0) is 10.7. The zero-order valence-corrected chi connectivity index (χ0v) is 9.44. The number of ketones is 1. The van der Waals surface area contributed by atoms with Crippen LogP contribution in [0.1, 0.15) is 15.9 Å². The van der Waals surface area contributed by atoms with E-state index in [1.165, 1.54) is 0 Å². The molecule has 2 aromatic rings. The Labute approximate surface area is 96.1 Å². The predicted octanol–water partition coefficient (Wildman–Crippen LogP) is 3.08. The van der Waals surface area contributed by atoms with Crippen LogP contribution in [0.3, 0.4) is 0 Å². The minimum atomic E-state index is -0.0180. The van der Waals surface area contributed by atoms with E-state index in [-0.39, 0.29) is 5.78 Å². The van der Waals surface area contributed by atoms with Crippen molar-refractivity contribution in [2.24, 2.45) is 0 Å². The molecule has 1 heterocycles. The summed E-state index contributed by atoms with van der Waals surface area (Å²) < 4.78 is 0.804. The van der Waals surface area contributed by atoms with E-state index < -0.39 is 0 Å². The molecule has 0 aliphatic rings. The van der Waals surface area contributed by atoms with Crippen LogP contribution in [0.4, 0.5) is 0 Å². The molecule has 0 atom stereocenters. The molecule has 2 nitrogen and oxygen atoms in total. The second-order valence-electron chi connectivity index (χ2n) is 3.05. The van der Waals surface area contributed by atoms with Gasteiger partial charge < -0.3 is 0 Å². The minimum absolute atomic E-state index is 0.0180. The van der Waals surface area contributed by atoms with E-state index in [0.717, 1.165) is 4.47 Å². The van der Waals surface area contributed by atoms with Gasteiger partial charge in [-0.1, -0.05) is 28.1 Å². The molecule has 15 heavy (non-hydrogen) atoms. The second kappa shape index (κ2) is 4.36. The number of nitrogens with zero attached hydrogens (tertiary/aromatic N) is 1. The van der Waals surface area contributed by atoms with Gasteiger partial charge in [0, 0.05) is 28.0 Å². The first-order chi connectivity index (χ1) is 7.29. The van der Waals surface area contributed by atoms with Crippen molar-refractivity contribution in [2.75, 3.05) is 0 Å². The standard InChI is InChI=1S/C12H8BrNO/c13-11-6-2-1-5-10(11)12(15)9-4-3-7-14-8-9/h1-8H. The van der Waals surface area contributed by atoms with E-state index in [2.05, 4.69) is 20.9 Å². The molecule has 0 N–H and O–H groups in total. The van der Waals surface area contributed by atoms with Gasteiger partial charge in [-0.05, 0) is 24.3 Å². The Morgan fingerprint density at radius 3 is 2.60 bits per heavy atom. The summed E-state index contributed by atoms with van der Waals surface area (Å²) in [5.41, 5.74) is 1.26. The summed E-state index contributed by atoms with van der Waals surface area (Å²) in [6.45, 7) is 0. The molecule has 0 radical (unpaired) electrons. The van der Waals surface area contributed by atoms with Crippen LogP contribution in [-0.4, -0.2) is 10.8 Å². The number of hydrogen-bond acceptors (Lipinski definition) is 2. The van der Waals surface area contributed by atoms with Crippen molar-refractivity contribution >= 4 is 21.7 Å². The molecule has 0 saturated heterocycles. The quantitative estimate of drug-likeness (QED) is 0.778. The maximum atomic E-state index is 12.0. The number of carbonyl (C=O) groups is 1. The van der Waals surface area contributed by atoms with Crippen LogP contribution in [0.25, 0.3) is 0 Å². The molecule has 0 bridgehead atoms. The summed E-state index contributed by atoms with van der Waals surface area (Å²) in [5.74, 6) is -0.0180. The average Bonchev–Trinajstić information content (AvgIpc) is 2.30. The fraction of sp³-hybridized carbons (Fsp3) is 0. The van der Waals surface area contributed by atoms with Crippen molar-refractivity contribution in [1.29, 1.82) is 0 Å². The Morgan fingerprint density at radius 1 is 1.13 bits per heavy atom. The Bertz CT molecular complexity index is 482. The molecule has 0 unspecified atom stereocenters. The van der Waals surface area contributed by atoms with Gasteiger partial charge in [-0.3, -0.25) is 9.78 Å². The molecule has 0 aliphatic heterocycles. The SMILES string of the molecule is O=C(c1cccnc1)c1ccccc1Br. The highest BCUT2D eigenvalue weighted by Crippen LogP contribution is 2.19. The molecule has 1 aromatic heterocycles. The fourth-order valence-electron chi connectivity index (χ4n) is 1.30. The van der Waals surface area contributed by atoms with E-state index in [1.54, 1.807) is 30.6 Å². The van der Waals surface area contributed by atoms with Gasteiger partial charge >= 0.3 is 0 Å². The van der Waals surface area contributed by atoms with Crippen LogP contribution in [0.5, 0.6) is 0 Å². The monoisotopic (exact) mass is 261 g/mol. The van der Waals surface area contributed by atoms with E-state index in [4.69, 9.17) is 0 Å². The number of aromatic nitrogens is 1. The summed E-state index contributed by atoms with van der Waals surface area (Å²) in [4.78, 5) is 15.9. The number of pyridine rings is 1. The molecule has 0 aliphatic carbocycles. The van der Waals surface area contributed by atoms with Crippen molar-refractivity contribution in [2.45, 2.75) is 0 Å². The van der Waals surface area contributed by atoms with E-state index >= 15 is 0 Å². The van der Waals surface area contributed by atoms with Crippen LogP contribution in [0.2, 0.25) is 0 Å². The lowest BCUT2D eigenvalue weighted by atomic mass is 10.1. The first kappa shape index (κ1) is 10.1. The van der Waals surface area contributed by atoms with Gasteiger partial charge in [0.25, 0.3) is 0 Å². The molecule has 0 saturated carbocycles. The molecule has 0 fully saturated rings. The first-order valence-electron chi connectivity index (χ1n) is 4.48. The van der Waals surface area contributed by atoms with Crippen LogP contribution in [0.15, 0.2) is 53.3 Å². The van der Waals surface area contributed by atoms with Gasteiger partial charge in [0.05, 0.1) is 0 Å². The Kier molecular flexibility index (Phi) is 2.92. The smallest absolute Gasteiger partial charge is 0.195 e. The van der Waals surface area contributed by atoms with Crippen molar-refractivity contribution in [3.8, 4) is 0 Å². The summed E-state index contributed by atoms with van der Waals surface area (Å²) in [5, 5.41) is 0. The molecule has 2 rings (SSSR count). The van der Waals surface area contributed by atoms with E-state index in [0.29, 0.717) is 11.1 Å². The maximum absolute atomic E-state index is 12.0. The van der Waals surface area contributed by atoms with E-state index in [9.17, 15) is 4.79 Å². The zero-order valence-electron chi connectivity index (χ0n) is 7.85.